The van der Waals surface area contributed by atoms with E-state index in [1.54, 1.807) is 0 Å². The molecule has 1 fully saturated rings. The number of benzene rings is 1. The van der Waals surface area contributed by atoms with E-state index in [4.69, 9.17) is 5.73 Å². The van der Waals surface area contributed by atoms with E-state index < -0.39 is 0 Å². The third-order valence-corrected chi connectivity index (χ3v) is 4.53. The fraction of sp³-hybridized carbons (Fsp3) is 0.538. The smallest absolute Gasteiger partial charge is 0.0402 e. The van der Waals surface area contributed by atoms with Crippen LogP contribution in [0.3, 0.4) is 0 Å². The lowest BCUT2D eigenvalue weighted by Crippen LogP contribution is -2.51. The standard InChI is InChI=1S/C13H18BrN3/c1-17-5-4-11-10(7-17)13(15)9-3-2-8(14)6-12(9)16-11/h2-3,6,10-11,13,16H,4-5,7,15H2,1H3. The lowest BCUT2D eigenvalue weighted by Gasteiger charge is -2.44. The van der Waals surface area contributed by atoms with Gasteiger partial charge >= 0.3 is 0 Å². The molecule has 0 amide bonds. The molecule has 0 spiro atoms. The Morgan fingerprint density at radius 1 is 1.47 bits per heavy atom. The summed E-state index contributed by atoms with van der Waals surface area (Å²) in [5, 5.41) is 3.65. The van der Waals surface area contributed by atoms with Crippen LogP contribution in [-0.4, -0.2) is 31.1 Å². The summed E-state index contributed by atoms with van der Waals surface area (Å²) >= 11 is 3.52. The first-order valence-electron chi connectivity index (χ1n) is 6.15. The summed E-state index contributed by atoms with van der Waals surface area (Å²) in [6.45, 7) is 2.25. The predicted molar refractivity (Wildman–Crippen MR) is 74.1 cm³/mol. The molecule has 1 aromatic carbocycles. The van der Waals surface area contributed by atoms with Gasteiger partial charge in [-0.15, -0.1) is 0 Å². The van der Waals surface area contributed by atoms with Gasteiger partial charge in [0.2, 0.25) is 0 Å². The van der Waals surface area contributed by atoms with Crippen molar-refractivity contribution in [1.82, 2.24) is 4.90 Å². The van der Waals surface area contributed by atoms with Crippen molar-refractivity contribution in [1.29, 1.82) is 0 Å². The van der Waals surface area contributed by atoms with Crippen LogP contribution in [0.25, 0.3) is 0 Å². The van der Waals surface area contributed by atoms with Crippen LogP contribution in [0.2, 0.25) is 0 Å². The minimum atomic E-state index is 0.159. The molecule has 2 aliphatic heterocycles. The molecule has 3 unspecified atom stereocenters. The minimum absolute atomic E-state index is 0.159. The summed E-state index contributed by atoms with van der Waals surface area (Å²) in [7, 11) is 2.18. The van der Waals surface area contributed by atoms with Gasteiger partial charge in [-0.25, -0.2) is 0 Å². The number of rotatable bonds is 0. The zero-order chi connectivity index (χ0) is 12.0. The van der Waals surface area contributed by atoms with Crippen molar-refractivity contribution in [3.8, 4) is 0 Å². The van der Waals surface area contributed by atoms with Crippen LogP contribution >= 0.6 is 15.9 Å². The van der Waals surface area contributed by atoms with Gasteiger partial charge in [0.25, 0.3) is 0 Å². The summed E-state index contributed by atoms with van der Waals surface area (Å²) in [5.41, 5.74) is 8.89. The lowest BCUT2D eigenvalue weighted by molar-refractivity contribution is 0.168. The molecule has 0 saturated carbocycles. The second-order valence-electron chi connectivity index (χ2n) is 5.22. The summed E-state index contributed by atoms with van der Waals surface area (Å²) < 4.78 is 1.11. The van der Waals surface area contributed by atoms with Crippen LogP contribution in [0.4, 0.5) is 5.69 Å². The van der Waals surface area contributed by atoms with Crippen molar-refractivity contribution >= 4 is 21.6 Å². The van der Waals surface area contributed by atoms with Gasteiger partial charge in [0, 0.05) is 34.7 Å². The van der Waals surface area contributed by atoms with E-state index in [-0.39, 0.29) is 6.04 Å². The number of hydrogen-bond donors (Lipinski definition) is 2. The molecular weight excluding hydrogens is 278 g/mol. The van der Waals surface area contributed by atoms with Gasteiger partial charge in [-0.1, -0.05) is 22.0 Å². The van der Waals surface area contributed by atoms with Gasteiger partial charge in [-0.2, -0.15) is 0 Å². The summed E-state index contributed by atoms with van der Waals surface area (Å²) in [6, 6.07) is 7.05. The van der Waals surface area contributed by atoms with Crippen molar-refractivity contribution in [3.63, 3.8) is 0 Å². The maximum Gasteiger partial charge on any atom is 0.0402 e. The van der Waals surface area contributed by atoms with Gasteiger partial charge < -0.3 is 16.0 Å². The maximum absolute atomic E-state index is 6.43. The highest BCUT2D eigenvalue weighted by Crippen LogP contribution is 2.39. The number of hydrogen-bond acceptors (Lipinski definition) is 3. The average molecular weight is 296 g/mol. The summed E-state index contributed by atoms with van der Waals surface area (Å²) in [5.74, 6) is 0.530. The number of halogens is 1. The Morgan fingerprint density at radius 3 is 3.12 bits per heavy atom. The molecule has 3 N–H and O–H groups in total. The fourth-order valence-corrected chi connectivity index (χ4v) is 3.43. The van der Waals surface area contributed by atoms with Gasteiger partial charge in [0.15, 0.2) is 0 Å². The summed E-state index contributed by atoms with van der Waals surface area (Å²) in [6.07, 6.45) is 1.18. The SMILES string of the molecule is CN1CCC2Nc3cc(Br)ccc3C(N)C2C1. The molecule has 2 heterocycles. The van der Waals surface area contributed by atoms with Crippen molar-refractivity contribution in [2.75, 3.05) is 25.5 Å². The van der Waals surface area contributed by atoms with Gasteiger partial charge in [0.1, 0.15) is 0 Å². The Kier molecular flexibility index (Phi) is 2.89. The third-order valence-electron chi connectivity index (χ3n) is 4.04. The minimum Gasteiger partial charge on any atom is -0.382 e. The molecule has 0 aromatic heterocycles. The Labute approximate surface area is 110 Å². The second kappa shape index (κ2) is 4.26. The summed E-state index contributed by atoms with van der Waals surface area (Å²) in [4.78, 5) is 2.38. The molecule has 2 aliphatic rings. The lowest BCUT2D eigenvalue weighted by atomic mass is 9.79. The Balaban J connectivity index is 1.96. The molecule has 92 valence electrons. The highest BCUT2D eigenvalue weighted by molar-refractivity contribution is 9.10. The van der Waals surface area contributed by atoms with Gasteiger partial charge in [0.05, 0.1) is 0 Å². The number of piperidine rings is 1. The average Bonchev–Trinajstić information content (AvgIpc) is 2.30. The number of likely N-dealkylation sites (tertiary alicyclic amines) is 1. The molecular formula is C13H18BrN3. The zero-order valence-electron chi connectivity index (χ0n) is 9.99. The van der Waals surface area contributed by atoms with Crippen molar-refractivity contribution in [3.05, 3.63) is 28.2 Å². The van der Waals surface area contributed by atoms with Crippen LogP contribution < -0.4 is 11.1 Å². The molecule has 3 atom stereocenters. The van der Waals surface area contributed by atoms with E-state index in [1.807, 2.05) is 0 Å². The topological polar surface area (TPSA) is 41.3 Å². The quantitative estimate of drug-likeness (QED) is 0.771. The van der Waals surface area contributed by atoms with Crippen LogP contribution in [-0.2, 0) is 0 Å². The molecule has 3 rings (SSSR count). The molecule has 0 radical (unpaired) electrons. The van der Waals surface area contributed by atoms with Crippen molar-refractivity contribution in [2.24, 2.45) is 11.7 Å². The number of nitrogens with one attached hydrogen (secondary N) is 1. The maximum atomic E-state index is 6.43. The first-order chi connectivity index (χ1) is 8.15. The van der Waals surface area contributed by atoms with Gasteiger partial charge in [-0.3, -0.25) is 0 Å². The fourth-order valence-electron chi connectivity index (χ4n) is 3.07. The Hall–Kier alpha value is -0.580. The molecule has 3 nitrogen and oxygen atoms in total. The third kappa shape index (κ3) is 1.98. The van der Waals surface area contributed by atoms with E-state index in [9.17, 15) is 0 Å². The van der Waals surface area contributed by atoms with Crippen molar-refractivity contribution in [2.45, 2.75) is 18.5 Å². The molecule has 1 saturated heterocycles. The van der Waals surface area contributed by atoms with E-state index in [0.717, 1.165) is 17.6 Å². The van der Waals surface area contributed by atoms with E-state index in [1.165, 1.54) is 17.7 Å². The normalized spacial score (nSPS) is 32.5. The van der Waals surface area contributed by atoms with Crippen LogP contribution in [0.15, 0.2) is 22.7 Å². The predicted octanol–water partition coefficient (Wildman–Crippen LogP) is 2.19. The largest absolute Gasteiger partial charge is 0.382 e. The highest BCUT2D eigenvalue weighted by atomic mass is 79.9. The first-order valence-corrected chi connectivity index (χ1v) is 6.94. The van der Waals surface area contributed by atoms with Crippen LogP contribution in [0, 0.1) is 5.92 Å². The van der Waals surface area contributed by atoms with Crippen molar-refractivity contribution < 1.29 is 0 Å². The van der Waals surface area contributed by atoms with Crippen LogP contribution in [0.1, 0.15) is 18.0 Å². The molecule has 4 heteroatoms. The first kappa shape index (κ1) is 11.5. The van der Waals surface area contributed by atoms with E-state index >= 15 is 0 Å². The Morgan fingerprint density at radius 2 is 2.29 bits per heavy atom. The van der Waals surface area contributed by atoms with E-state index in [2.05, 4.69) is 51.4 Å². The van der Waals surface area contributed by atoms with Crippen LogP contribution in [0.5, 0.6) is 0 Å². The zero-order valence-corrected chi connectivity index (χ0v) is 11.6. The van der Waals surface area contributed by atoms with E-state index in [0.29, 0.717) is 12.0 Å². The second-order valence-corrected chi connectivity index (χ2v) is 6.14. The molecule has 0 aliphatic carbocycles. The Bertz CT molecular complexity index is 435. The van der Waals surface area contributed by atoms with Gasteiger partial charge in [-0.05, 0) is 37.7 Å². The molecule has 17 heavy (non-hydrogen) atoms. The molecule has 1 aromatic rings. The number of nitrogens with zero attached hydrogens (tertiary/aromatic N) is 1. The monoisotopic (exact) mass is 295 g/mol. The molecule has 0 bridgehead atoms. The number of nitrogens with two attached hydrogens (primary N) is 1. The number of anilines is 1. The highest BCUT2D eigenvalue weighted by Gasteiger charge is 2.37. The number of fused-ring (bicyclic) bond motifs is 2.